The molecule has 1 unspecified atom stereocenters. The second-order valence-electron chi connectivity index (χ2n) is 6.90. The molecule has 5 nitrogen and oxygen atoms in total. The Balaban J connectivity index is 1.97. The Morgan fingerprint density at radius 2 is 2.28 bits per heavy atom. The Morgan fingerprint density at radius 1 is 1.45 bits per heavy atom. The fourth-order valence-corrected chi connectivity index (χ4v) is 6.57. The van der Waals surface area contributed by atoms with Crippen molar-refractivity contribution in [3.05, 3.63) is 54.5 Å². The van der Waals surface area contributed by atoms with Crippen molar-refractivity contribution in [2.24, 2.45) is 4.99 Å². The summed E-state index contributed by atoms with van der Waals surface area (Å²) in [4.78, 5) is 13.8. The van der Waals surface area contributed by atoms with E-state index in [1.807, 2.05) is 37.3 Å². The van der Waals surface area contributed by atoms with E-state index in [1.54, 1.807) is 18.6 Å². The van der Waals surface area contributed by atoms with Gasteiger partial charge in [-0.3, -0.25) is 9.98 Å². The molecular weight excluding hydrogens is 400 g/mol. The number of rotatable bonds is 6. The standard InChI is InChI=1S/C22H22N4OS2/c1-3-6-14(12-24-2)17-11-18(15-7-5-10-25-13-15)26-21-19(17)20(23)22(28-21)29(27)16-8-4-9-16/h3,5-7,10-13,16H,2,4,8-9,23H2,1H3/b6-3-,14-12+. The topological polar surface area (TPSA) is 87.2 Å². The van der Waals surface area contributed by atoms with Crippen LogP contribution in [-0.2, 0) is 11.2 Å². The highest BCUT2D eigenvalue weighted by Crippen LogP contribution is 2.44. The Kier molecular flexibility index (Phi) is 5.80. The zero-order chi connectivity index (χ0) is 20.4. The lowest BCUT2D eigenvalue weighted by atomic mass is 10.00. The van der Waals surface area contributed by atoms with Crippen molar-refractivity contribution in [3.8, 4) is 11.3 Å². The number of pyridine rings is 2. The summed E-state index contributed by atoms with van der Waals surface area (Å²) in [7, 11) is 0. The lowest BCUT2D eigenvalue weighted by Crippen LogP contribution is -2.28. The fourth-order valence-electron chi connectivity index (χ4n) is 3.36. The van der Waals surface area contributed by atoms with Gasteiger partial charge in [0.25, 0.3) is 0 Å². The molecule has 1 atom stereocenters. The van der Waals surface area contributed by atoms with E-state index in [1.165, 1.54) is 11.3 Å². The number of anilines is 1. The molecule has 1 aliphatic rings. The van der Waals surface area contributed by atoms with E-state index in [0.29, 0.717) is 5.69 Å². The lowest BCUT2D eigenvalue weighted by molar-refractivity contribution is 0.478. The normalized spacial score (nSPS) is 16.3. The molecule has 0 bridgehead atoms. The average molecular weight is 423 g/mol. The minimum Gasteiger partial charge on any atom is -0.611 e. The maximum absolute atomic E-state index is 13.1. The van der Waals surface area contributed by atoms with E-state index < -0.39 is 11.2 Å². The first kappa shape index (κ1) is 19.8. The summed E-state index contributed by atoms with van der Waals surface area (Å²) in [6.45, 7) is 5.55. The molecule has 1 fully saturated rings. The number of fused-ring (bicyclic) bond motifs is 1. The summed E-state index contributed by atoms with van der Waals surface area (Å²) in [5.41, 5.74) is 10.6. The summed E-state index contributed by atoms with van der Waals surface area (Å²) in [6.07, 6.45) is 12.3. The largest absolute Gasteiger partial charge is 0.611 e. The first-order valence-electron chi connectivity index (χ1n) is 9.47. The van der Waals surface area contributed by atoms with Crippen molar-refractivity contribution in [1.82, 2.24) is 9.97 Å². The molecule has 148 valence electrons. The van der Waals surface area contributed by atoms with E-state index in [0.717, 1.165) is 56.1 Å². The highest BCUT2D eigenvalue weighted by Gasteiger charge is 2.35. The van der Waals surface area contributed by atoms with Crippen LogP contribution >= 0.6 is 11.3 Å². The number of nitrogens with zero attached hydrogens (tertiary/aromatic N) is 3. The van der Waals surface area contributed by atoms with E-state index in [-0.39, 0.29) is 5.25 Å². The smallest absolute Gasteiger partial charge is 0.232 e. The van der Waals surface area contributed by atoms with Crippen LogP contribution in [0.1, 0.15) is 31.7 Å². The Morgan fingerprint density at radius 3 is 2.90 bits per heavy atom. The van der Waals surface area contributed by atoms with Gasteiger partial charge in [-0.15, -0.1) is 0 Å². The molecule has 7 heteroatoms. The molecule has 4 rings (SSSR count). The number of thiophene rings is 1. The predicted octanol–water partition coefficient (Wildman–Crippen LogP) is 5.22. The summed E-state index contributed by atoms with van der Waals surface area (Å²) in [6, 6.07) is 5.85. The van der Waals surface area contributed by atoms with Gasteiger partial charge in [-0.1, -0.05) is 23.5 Å². The molecule has 1 aliphatic carbocycles. The van der Waals surface area contributed by atoms with Gasteiger partial charge in [0.2, 0.25) is 4.21 Å². The van der Waals surface area contributed by atoms with Crippen molar-refractivity contribution in [3.63, 3.8) is 0 Å². The van der Waals surface area contributed by atoms with Crippen LogP contribution in [0.4, 0.5) is 5.69 Å². The molecule has 2 N–H and O–H groups in total. The first-order valence-corrected chi connectivity index (χ1v) is 11.5. The van der Waals surface area contributed by atoms with E-state index >= 15 is 0 Å². The number of hydrogen-bond acceptors (Lipinski definition) is 6. The average Bonchev–Trinajstić information content (AvgIpc) is 3.03. The minimum atomic E-state index is -1.10. The number of hydrogen-bond donors (Lipinski definition) is 1. The van der Waals surface area contributed by atoms with Crippen molar-refractivity contribution in [1.29, 1.82) is 0 Å². The second-order valence-corrected chi connectivity index (χ2v) is 9.82. The van der Waals surface area contributed by atoms with Gasteiger partial charge < -0.3 is 10.3 Å². The molecule has 1 saturated carbocycles. The number of nitrogen functional groups attached to an aromatic ring is 1. The van der Waals surface area contributed by atoms with E-state index in [9.17, 15) is 4.55 Å². The predicted molar refractivity (Wildman–Crippen MR) is 124 cm³/mol. The highest BCUT2D eigenvalue weighted by molar-refractivity contribution is 7.94. The Hall–Kier alpha value is -2.48. The van der Waals surface area contributed by atoms with Crippen LogP contribution in [0.25, 0.3) is 27.0 Å². The van der Waals surface area contributed by atoms with Crippen LogP contribution in [0.15, 0.2) is 58.1 Å². The third-order valence-electron chi connectivity index (χ3n) is 5.05. The zero-order valence-corrected chi connectivity index (χ0v) is 17.8. The quantitative estimate of drug-likeness (QED) is 0.335. The molecule has 0 radical (unpaired) electrons. The zero-order valence-electron chi connectivity index (χ0n) is 16.2. The lowest BCUT2D eigenvalue weighted by Gasteiger charge is -2.27. The van der Waals surface area contributed by atoms with Gasteiger partial charge in [-0.25, -0.2) is 4.98 Å². The monoisotopic (exact) mass is 422 g/mol. The number of aromatic nitrogens is 2. The summed E-state index contributed by atoms with van der Waals surface area (Å²) in [5, 5.41) is 1.03. The molecule has 0 saturated heterocycles. The van der Waals surface area contributed by atoms with E-state index in [2.05, 4.69) is 16.7 Å². The first-order chi connectivity index (χ1) is 14.1. The van der Waals surface area contributed by atoms with Crippen LogP contribution in [0, 0.1) is 0 Å². The van der Waals surface area contributed by atoms with Crippen LogP contribution in [0.5, 0.6) is 0 Å². The van der Waals surface area contributed by atoms with Crippen LogP contribution in [0.2, 0.25) is 0 Å². The van der Waals surface area contributed by atoms with Crippen LogP contribution in [-0.4, -0.2) is 26.5 Å². The molecular formula is C22H22N4OS2. The number of aliphatic imine (C=N–C) groups is 1. The highest BCUT2D eigenvalue weighted by atomic mass is 32.2. The van der Waals surface area contributed by atoms with Gasteiger partial charge in [-0.2, -0.15) is 0 Å². The Bertz CT molecular complexity index is 1100. The molecule has 0 amide bonds. The maximum Gasteiger partial charge on any atom is 0.232 e. The molecule has 3 heterocycles. The van der Waals surface area contributed by atoms with Crippen LogP contribution < -0.4 is 5.73 Å². The van der Waals surface area contributed by atoms with Gasteiger partial charge >= 0.3 is 0 Å². The molecule has 0 aliphatic heterocycles. The second kappa shape index (κ2) is 8.49. The Labute approximate surface area is 177 Å². The molecule has 29 heavy (non-hydrogen) atoms. The molecule has 0 aromatic carbocycles. The molecule has 3 aromatic heterocycles. The summed E-state index contributed by atoms with van der Waals surface area (Å²) < 4.78 is 13.8. The van der Waals surface area contributed by atoms with Gasteiger partial charge in [0.05, 0.1) is 5.69 Å². The number of nitrogens with two attached hydrogens (primary N) is 1. The third kappa shape index (κ3) is 3.73. The molecule has 0 spiro atoms. The summed E-state index contributed by atoms with van der Waals surface area (Å²) >= 11 is 0.334. The summed E-state index contributed by atoms with van der Waals surface area (Å²) in [5.74, 6) is 0. The van der Waals surface area contributed by atoms with E-state index in [4.69, 9.17) is 10.7 Å². The number of allylic oxidation sites excluding steroid dienone is 3. The van der Waals surface area contributed by atoms with Gasteiger partial charge in [-0.05, 0) is 56.7 Å². The van der Waals surface area contributed by atoms with Crippen molar-refractivity contribution in [2.45, 2.75) is 35.6 Å². The third-order valence-corrected chi connectivity index (χ3v) is 8.35. The minimum absolute atomic E-state index is 0.201. The maximum atomic E-state index is 13.1. The SMILES string of the molecule is C=N/C=C(\C=C/C)c1cc(-c2cccnc2)nc2sc([S+]([O-])C3CCC3)c(N)c12. The van der Waals surface area contributed by atoms with Crippen molar-refractivity contribution in [2.75, 3.05) is 5.73 Å². The fraction of sp³-hybridized carbons (Fsp3) is 0.227. The van der Waals surface area contributed by atoms with Gasteiger partial charge in [0, 0.05) is 46.3 Å². The molecule has 3 aromatic rings. The van der Waals surface area contributed by atoms with Gasteiger partial charge in [0.1, 0.15) is 15.8 Å². The van der Waals surface area contributed by atoms with Crippen molar-refractivity contribution < 1.29 is 4.55 Å². The van der Waals surface area contributed by atoms with Crippen LogP contribution in [0.3, 0.4) is 0 Å². The van der Waals surface area contributed by atoms with Crippen molar-refractivity contribution >= 4 is 50.7 Å². The van der Waals surface area contributed by atoms with Gasteiger partial charge in [0.15, 0.2) is 0 Å².